The monoisotopic (exact) mass is 299 g/mol. The number of aliphatic hydroxyl groups is 1. The Morgan fingerprint density at radius 3 is 2.05 bits per heavy atom. The van der Waals surface area contributed by atoms with Gasteiger partial charge in [-0.05, 0) is 25.0 Å². The van der Waals surface area contributed by atoms with E-state index in [-0.39, 0.29) is 19.4 Å². The molecular weight excluding hydrogens is 285 g/mol. The highest BCUT2D eigenvalue weighted by atomic mass is 31.2. The molecule has 20 heavy (non-hydrogen) atoms. The van der Waals surface area contributed by atoms with Crippen LogP contribution in [0.15, 0.2) is 24.3 Å². The molecule has 1 aromatic carbocycles. The highest BCUT2D eigenvalue weighted by Gasteiger charge is 2.35. The Hall–Kier alpha value is -1.53. The fourth-order valence-corrected chi connectivity index (χ4v) is 2.56. The molecule has 1 unspecified atom stereocenters. The Morgan fingerprint density at radius 2 is 1.60 bits per heavy atom. The van der Waals surface area contributed by atoms with Crippen molar-refractivity contribution in [3.05, 3.63) is 35.4 Å². The van der Waals surface area contributed by atoms with Crippen LogP contribution in [0.2, 0.25) is 0 Å². The van der Waals surface area contributed by atoms with E-state index in [2.05, 4.69) is 0 Å². The molecule has 0 bridgehead atoms. The van der Waals surface area contributed by atoms with Crippen molar-refractivity contribution in [1.82, 2.24) is 4.90 Å². The molecule has 0 spiro atoms. The molecule has 1 heterocycles. The predicted octanol–water partition coefficient (Wildman–Crippen LogP) is 0.559. The first kappa shape index (κ1) is 14.9. The number of fused-ring (bicyclic) bond motifs is 1. The van der Waals surface area contributed by atoms with Gasteiger partial charge in [0.2, 0.25) is 0 Å². The largest absolute Gasteiger partial charge is 0.380 e. The number of carbonyl (C=O) groups excluding carboxylic acids is 2. The predicted molar refractivity (Wildman–Crippen MR) is 69.1 cm³/mol. The van der Waals surface area contributed by atoms with Crippen molar-refractivity contribution < 1.29 is 29.0 Å². The summed E-state index contributed by atoms with van der Waals surface area (Å²) in [5.41, 5.74) is 0.654. The first-order chi connectivity index (χ1) is 9.32. The molecule has 0 radical (unpaired) electrons. The van der Waals surface area contributed by atoms with Crippen molar-refractivity contribution in [2.75, 3.05) is 6.54 Å². The summed E-state index contributed by atoms with van der Waals surface area (Å²) >= 11 is 0. The van der Waals surface area contributed by atoms with Crippen molar-refractivity contribution in [2.24, 2.45) is 0 Å². The van der Waals surface area contributed by atoms with Crippen molar-refractivity contribution in [3.63, 3.8) is 0 Å². The zero-order chi connectivity index (χ0) is 14.9. The molecular formula is C12H14NO6P. The van der Waals surface area contributed by atoms with Crippen LogP contribution in [-0.2, 0) is 4.57 Å². The number of nitrogens with zero attached hydrogens (tertiary/aromatic N) is 1. The molecule has 1 atom stereocenters. The second-order valence-electron chi connectivity index (χ2n) is 4.52. The topological polar surface area (TPSA) is 115 Å². The first-order valence-electron chi connectivity index (χ1n) is 6.01. The van der Waals surface area contributed by atoms with Crippen LogP contribution in [0.25, 0.3) is 0 Å². The van der Waals surface area contributed by atoms with Gasteiger partial charge in [0, 0.05) is 6.54 Å². The Bertz CT molecular complexity index is 560. The van der Waals surface area contributed by atoms with E-state index >= 15 is 0 Å². The molecule has 0 saturated heterocycles. The van der Waals surface area contributed by atoms with Crippen molar-refractivity contribution >= 4 is 19.4 Å². The molecule has 0 aliphatic carbocycles. The Kier molecular flexibility index (Phi) is 4.06. The van der Waals surface area contributed by atoms with Gasteiger partial charge in [-0.1, -0.05) is 12.1 Å². The van der Waals surface area contributed by atoms with Crippen molar-refractivity contribution in [3.8, 4) is 0 Å². The maximum atomic E-state index is 12.0. The van der Waals surface area contributed by atoms with Crippen LogP contribution >= 0.6 is 7.60 Å². The van der Waals surface area contributed by atoms with Crippen LogP contribution in [0.4, 0.5) is 0 Å². The summed E-state index contributed by atoms with van der Waals surface area (Å²) in [5, 5.41) is 9.21. The van der Waals surface area contributed by atoms with Gasteiger partial charge in [-0.3, -0.25) is 19.1 Å². The standard InChI is InChI=1S/C12H14NO6P/c14-10(20(17,18)19)6-3-7-13-11(15)8-4-1-2-5-9(8)12(13)16/h1-2,4-5,10,14H,3,6-7H2,(H2,17,18,19). The number of hydrogen-bond donors (Lipinski definition) is 3. The summed E-state index contributed by atoms with van der Waals surface area (Å²) in [7, 11) is -4.54. The molecule has 0 aromatic heterocycles. The number of amides is 2. The van der Waals surface area contributed by atoms with Crippen LogP contribution in [0.5, 0.6) is 0 Å². The fourth-order valence-electron chi connectivity index (χ4n) is 2.04. The lowest BCUT2D eigenvalue weighted by Gasteiger charge is -2.16. The second-order valence-corrected chi connectivity index (χ2v) is 6.29. The van der Waals surface area contributed by atoms with Crippen LogP contribution in [-0.4, -0.2) is 44.0 Å². The zero-order valence-corrected chi connectivity index (χ0v) is 11.4. The molecule has 3 N–H and O–H groups in total. The third-order valence-corrected chi connectivity index (χ3v) is 4.15. The summed E-state index contributed by atoms with van der Waals surface area (Å²) in [6.45, 7) is 0.0173. The molecule has 2 amide bonds. The lowest BCUT2D eigenvalue weighted by molar-refractivity contribution is 0.0646. The third-order valence-electron chi connectivity index (χ3n) is 3.11. The zero-order valence-electron chi connectivity index (χ0n) is 10.5. The van der Waals surface area contributed by atoms with E-state index < -0.39 is 25.3 Å². The molecule has 0 fully saturated rings. The van der Waals surface area contributed by atoms with E-state index in [1.807, 2.05) is 0 Å². The lowest BCUT2D eigenvalue weighted by Crippen LogP contribution is -2.31. The van der Waals surface area contributed by atoms with Gasteiger partial charge in [0.25, 0.3) is 11.8 Å². The summed E-state index contributed by atoms with van der Waals surface area (Å²) in [6, 6.07) is 6.43. The van der Waals surface area contributed by atoms with E-state index in [0.29, 0.717) is 11.1 Å². The Labute approximate surface area is 115 Å². The third kappa shape index (κ3) is 2.81. The maximum Gasteiger partial charge on any atom is 0.353 e. The van der Waals surface area contributed by atoms with Crippen LogP contribution in [0.3, 0.4) is 0 Å². The Morgan fingerprint density at radius 1 is 1.10 bits per heavy atom. The van der Waals surface area contributed by atoms with Gasteiger partial charge < -0.3 is 14.9 Å². The van der Waals surface area contributed by atoms with Crippen LogP contribution < -0.4 is 0 Å². The van der Waals surface area contributed by atoms with E-state index in [4.69, 9.17) is 9.79 Å². The minimum Gasteiger partial charge on any atom is -0.380 e. The second kappa shape index (κ2) is 5.46. The molecule has 1 aliphatic heterocycles. The quantitative estimate of drug-likeness (QED) is 0.540. The molecule has 7 nitrogen and oxygen atoms in total. The summed E-state index contributed by atoms with van der Waals surface area (Å²) in [4.78, 5) is 42.4. The normalized spacial score (nSPS) is 16.4. The highest BCUT2D eigenvalue weighted by molar-refractivity contribution is 7.52. The van der Waals surface area contributed by atoms with Crippen molar-refractivity contribution in [1.29, 1.82) is 0 Å². The van der Waals surface area contributed by atoms with Crippen molar-refractivity contribution in [2.45, 2.75) is 18.7 Å². The van der Waals surface area contributed by atoms with E-state index in [0.717, 1.165) is 4.90 Å². The molecule has 2 rings (SSSR count). The number of hydrogen-bond acceptors (Lipinski definition) is 4. The number of carbonyl (C=O) groups is 2. The van der Waals surface area contributed by atoms with E-state index in [1.54, 1.807) is 24.3 Å². The molecule has 0 saturated carbocycles. The van der Waals surface area contributed by atoms with E-state index in [9.17, 15) is 19.3 Å². The minimum absolute atomic E-state index is 0.0173. The fraction of sp³-hybridized carbons (Fsp3) is 0.333. The Balaban J connectivity index is 1.98. The van der Waals surface area contributed by atoms with E-state index in [1.165, 1.54) is 0 Å². The molecule has 1 aliphatic rings. The average Bonchev–Trinajstić information content (AvgIpc) is 2.63. The summed E-state index contributed by atoms with van der Waals surface area (Å²) in [5.74, 6) is -2.61. The van der Waals surface area contributed by atoms with Gasteiger partial charge in [0.15, 0.2) is 5.85 Å². The van der Waals surface area contributed by atoms with Crippen LogP contribution in [0.1, 0.15) is 33.6 Å². The number of benzene rings is 1. The molecule has 1 aromatic rings. The average molecular weight is 299 g/mol. The molecule has 108 valence electrons. The number of rotatable bonds is 5. The van der Waals surface area contributed by atoms with Gasteiger partial charge in [-0.15, -0.1) is 0 Å². The lowest BCUT2D eigenvalue weighted by atomic mass is 10.1. The number of aliphatic hydroxyl groups excluding tert-OH is 1. The van der Waals surface area contributed by atoms with Gasteiger partial charge in [0.1, 0.15) is 0 Å². The minimum atomic E-state index is -4.54. The van der Waals surface area contributed by atoms with Gasteiger partial charge in [-0.2, -0.15) is 0 Å². The van der Waals surface area contributed by atoms with Gasteiger partial charge in [0.05, 0.1) is 11.1 Å². The number of imide groups is 1. The van der Waals surface area contributed by atoms with Crippen LogP contribution in [0, 0.1) is 0 Å². The first-order valence-corrected chi connectivity index (χ1v) is 7.69. The summed E-state index contributed by atoms with van der Waals surface area (Å²) < 4.78 is 10.8. The highest BCUT2D eigenvalue weighted by Crippen LogP contribution is 2.41. The smallest absolute Gasteiger partial charge is 0.353 e. The summed E-state index contributed by atoms with van der Waals surface area (Å²) in [6.07, 6.45) is -0.0601. The molecule has 8 heteroatoms. The van der Waals surface area contributed by atoms with Gasteiger partial charge >= 0.3 is 7.60 Å². The maximum absolute atomic E-state index is 12.0. The SMILES string of the molecule is O=C1c2ccccc2C(=O)N1CCCC(O)P(=O)(O)O. The van der Waals surface area contributed by atoms with Gasteiger partial charge in [-0.25, -0.2) is 0 Å².